The van der Waals surface area contributed by atoms with Gasteiger partial charge in [-0.3, -0.25) is 4.79 Å². The van der Waals surface area contributed by atoms with Crippen LogP contribution in [0.15, 0.2) is 78.4 Å². The van der Waals surface area contributed by atoms with Crippen molar-refractivity contribution in [3.8, 4) is 23.0 Å². The maximum atomic E-state index is 13.3. The molecule has 0 amide bonds. The van der Waals surface area contributed by atoms with E-state index in [2.05, 4.69) is 43.9 Å². The lowest BCUT2D eigenvalue weighted by atomic mass is 10.2. The number of nitrogens with zero attached hydrogens (tertiary/aromatic N) is 9. The van der Waals surface area contributed by atoms with Crippen LogP contribution >= 0.6 is 0 Å². The van der Waals surface area contributed by atoms with E-state index in [1.807, 2.05) is 42.5 Å². The Morgan fingerprint density at radius 3 is 2.63 bits per heavy atom. The number of aromatic nitrogens is 7. The second kappa shape index (κ2) is 11.2. The molecule has 208 valence electrons. The molecule has 5 heterocycles. The van der Waals surface area contributed by atoms with Crippen molar-refractivity contribution in [2.75, 3.05) is 50.6 Å². The minimum absolute atomic E-state index is 0.239. The summed E-state index contributed by atoms with van der Waals surface area (Å²) in [7, 11) is 3.80. The van der Waals surface area contributed by atoms with Crippen LogP contribution < -0.4 is 20.5 Å². The summed E-state index contributed by atoms with van der Waals surface area (Å²) in [6.45, 7) is 7.96. The fourth-order valence-corrected chi connectivity index (χ4v) is 4.92. The highest BCUT2D eigenvalue weighted by Gasteiger charge is 2.20. The molecular formula is C29H30N10O2. The summed E-state index contributed by atoms with van der Waals surface area (Å²) >= 11 is 0. The summed E-state index contributed by atoms with van der Waals surface area (Å²) in [4.78, 5) is 32.0. The summed E-state index contributed by atoms with van der Waals surface area (Å²) in [5.74, 6) is 1.60. The molecule has 0 aliphatic carbocycles. The zero-order valence-electron chi connectivity index (χ0n) is 22.9. The molecule has 5 aromatic rings. The Hall–Kier alpha value is -5.10. The van der Waals surface area contributed by atoms with Crippen LogP contribution in [0, 0.1) is 0 Å². The minimum atomic E-state index is -0.239. The minimum Gasteiger partial charge on any atom is -0.495 e. The quantitative estimate of drug-likeness (QED) is 0.289. The van der Waals surface area contributed by atoms with Crippen LogP contribution in [-0.2, 0) is 6.54 Å². The van der Waals surface area contributed by atoms with Gasteiger partial charge in [-0.05, 0) is 43.4 Å². The molecule has 1 aliphatic heterocycles. The van der Waals surface area contributed by atoms with Gasteiger partial charge in [0.25, 0.3) is 5.56 Å². The second-order valence-corrected chi connectivity index (χ2v) is 9.71. The van der Waals surface area contributed by atoms with Crippen LogP contribution in [0.5, 0.6) is 5.75 Å². The van der Waals surface area contributed by atoms with E-state index in [0.717, 1.165) is 43.3 Å². The van der Waals surface area contributed by atoms with E-state index in [4.69, 9.17) is 14.7 Å². The first-order chi connectivity index (χ1) is 20.1. The molecule has 0 spiro atoms. The summed E-state index contributed by atoms with van der Waals surface area (Å²) in [5, 5.41) is 11.8. The highest BCUT2D eigenvalue weighted by atomic mass is 16.5. The molecule has 41 heavy (non-hydrogen) atoms. The SMILES string of the molecule is C=CCn1c(=O)c2cnc(Nc3ccc(N4CCN(C)CC4)c(OC)c3)nc2n1-c1cccc(-c2cccnn2)n1. The second-order valence-electron chi connectivity index (χ2n) is 9.71. The Bertz CT molecular complexity index is 1760. The lowest BCUT2D eigenvalue weighted by molar-refractivity contribution is 0.311. The third kappa shape index (κ3) is 5.12. The maximum Gasteiger partial charge on any atom is 0.278 e. The zero-order chi connectivity index (χ0) is 28.3. The lowest BCUT2D eigenvalue weighted by Gasteiger charge is -2.34. The highest BCUT2D eigenvalue weighted by Crippen LogP contribution is 2.33. The van der Waals surface area contributed by atoms with Gasteiger partial charge in [0, 0.05) is 50.3 Å². The Morgan fingerprint density at radius 2 is 1.88 bits per heavy atom. The van der Waals surface area contributed by atoms with Gasteiger partial charge >= 0.3 is 0 Å². The molecule has 0 saturated carbocycles. The predicted octanol–water partition coefficient (Wildman–Crippen LogP) is 3.12. The van der Waals surface area contributed by atoms with E-state index in [1.165, 1.54) is 10.9 Å². The number of piperazine rings is 1. The first-order valence-corrected chi connectivity index (χ1v) is 13.3. The normalized spacial score (nSPS) is 13.9. The lowest BCUT2D eigenvalue weighted by Crippen LogP contribution is -2.44. The molecular weight excluding hydrogens is 520 g/mol. The number of pyridine rings is 1. The first-order valence-electron chi connectivity index (χ1n) is 13.3. The van der Waals surface area contributed by atoms with Crippen molar-refractivity contribution >= 4 is 28.4 Å². The van der Waals surface area contributed by atoms with Crippen molar-refractivity contribution in [3.05, 3.63) is 83.9 Å². The number of fused-ring (bicyclic) bond motifs is 1. The molecule has 1 N–H and O–H groups in total. The van der Waals surface area contributed by atoms with Crippen LogP contribution in [0.4, 0.5) is 17.3 Å². The number of rotatable bonds is 8. The maximum absolute atomic E-state index is 13.3. The van der Waals surface area contributed by atoms with E-state index >= 15 is 0 Å². The Morgan fingerprint density at radius 1 is 1.05 bits per heavy atom. The average molecular weight is 551 g/mol. The fraction of sp³-hybridized carbons (Fsp3) is 0.241. The van der Waals surface area contributed by atoms with Crippen LogP contribution in [0.25, 0.3) is 28.2 Å². The molecule has 12 heteroatoms. The average Bonchev–Trinajstić information content (AvgIpc) is 3.28. The number of methoxy groups -OCH3 is 1. The number of likely N-dealkylation sites (N-methyl/N-ethyl adjacent to an activating group) is 1. The van der Waals surface area contributed by atoms with Gasteiger partial charge in [-0.25, -0.2) is 19.3 Å². The van der Waals surface area contributed by atoms with Gasteiger partial charge in [0.2, 0.25) is 5.95 Å². The van der Waals surface area contributed by atoms with Gasteiger partial charge < -0.3 is 19.9 Å². The number of ether oxygens (including phenoxy) is 1. The van der Waals surface area contributed by atoms with Crippen LogP contribution in [0.2, 0.25) is 0 Å². The van der Waals surface area contributed by atoms with Gasteiger partial charge in [0.1, 0.15) is 16.8 Å². The Kier molecular flexibility index (Phi) is 7.13. The van der Waals surface area contributed by atoms with Crippen LogP contribution in [-0.4, -0.2) is 79.7 Å². The topological polar surface area (TPSA) is 119 Å². The van der Waals surface area contributed by atoms with Crippen molar-refractivity contribution in [1.29, 1.82) is 0 Å². The molecule has 1 aromatic carbocycles. The Labute approximate surface area is 236 Å². The molecule has 0 unspecified atom stereocenters. The monoisotopic (exact) mass is 550 g/mol. The number of benzene rings is 1. The molecule has 4 aromatic heterocycles. The summed E-state index contributed by atoms with van der Waals surface area (Å²) in [6, 6.07) is 15.1. The van der Waals surface area contributed by atoms with Crippen LogP contribution in [0.3, 0.4) is 0 Å². The summed E-state index contributed by atoms with van der Waals surface area (Å²) in [5.41, 5.74) is 3.23. The third-order valence-electron chi connectivity index (χ3n) is 7.04. The van der Waals surface area contributed by atoms with E-state index in [0.29, 0.717) is 34.2 Å². The van der Waals surface area contributed by atoms with Gasteiger partial charge in [0.05, 0.1) is 25.0 Å². The zero-order valence-corrected chi connectivity index (χ0v) is 22.9. The molecule has 1 fully saturated rings. The molecule has 0 bridgehead atoms. The van der Waals surface area contributed by atoms with Crippen molar-refractivity contribution in [2.24, 2.45) is 0 Å². The standard InChI is InChI=1S/C29H30N10O2/c1-4-13-38-28(40)21-19-30-29(32-20-10-11-24(25(18-20)41-3)37-16-14-36(2)15-17-37)34-27(21)39(38)26-9-5-7-22(33-26)23-8-6-12-31-35-23/h4-12,18-19H,1,13-17H2,2-3H3,(H,30,32,34). The van der Waals surface area contributed by atoms with E-state index in [-0.39, 0.29) is 12.1 Å². The fourth-order valence-electron chi connectivity index (χ4n) is 4.92. The van der Waals surface area contributed by atoms with Gasteiger partial charge in [0.15, 0.2) is 11.5 Å². The molecule has 0 atom stereocenters. The number of nitrogens with one attached hydrogen (secondary N) is 1. The first kappa shape index (κ1) is 26.1. The van der Waals surface area contributed by atoms with Gasteiger partial charge in [-0.15, -0.1) is 11.7 Å². The predicted molar refractivity (Wildman–Crippen MR) is 158 cm³/mol. The number of allylic oxidation sites excluding steroid dienone is 1. The van der Waals surface area contributed by atoms with E-state index in [9.17, 15) is 4.79 Å². The largest absolute Gasteiger partial charge is 0.495 e. The summed E-state index contributed by atoms with van der Waals surface area (Å²) < 4.78 is 8.95. The van der Waals surface area contributed by atoms with Crippen molar-refractivity contribution in [1.82, 2.24) is 39.4 Å². The molecule has 6 rings (SSSR count). The van der Waals surface area contributed by atoms with E-state index in [1.54, 1.807) is 30.1 Å². The molecule has 1 aliphatic rings. The number of hydrogen-bond donors (Lipinski definition) is 1. The summed E-state index contributed by atoms with van der Waals surface area (Å²) in [6.07, 6.45) is 4.80. The third-order valence-corrected chi connectivity index (χ3v) is 7.04. The molecule has 0 radical (unpaired) electrons. The van der Waals surface area contributed by atoms with Crippen molar-refractivity contribution < 1.29 is 4.74 Å². The van der Waals surface area contributed by atoms with Crippen molar-refractivity contribution in [2.45, 2.75) is 6.54 Å². The molecule has 12 nitrogen and oxygen atoms in total. The Balaban J connectivity index is 1.38. The highest BCUT2D eigenvalue weighted by molar-refractivity contribution is 5.77. The molecule has 1 saturated heterocycles. The van der Waals surface area contributed by atoms with Gasteiger partial charge in [-0.2, -0.15) is 10.1 Å². The number of anilines is 3. The number of hydrogen-bond acceptors (Lipinski definition) is 10. The van der Waals surface area contributed by atoms with Crippen molar-refractivity contribution in [3.63, 3.8) is 0 Å². The van der Waals surface area contributed by atoms with Crippen LogP contribution in [0.1, 0.15) is 0 Å². The smallest absolute Gasteiger partial charge is 0.278 e. The van der Waals surface area contributed by atoms with Gasteiger partial charge in [-0.1, -0.05) is 12.1 Å². The van der Waals surface area contributed by atoms with E-state index < -0.39 is 0 Å².